The van der Waals surface area contributed by atoms with Crippen LogP contribution in [0.4, 0.5) is 11.4 Å². The minimum absolute atomic E-state index is 0.711. The van der Waals surface area contributed by atoms with Crippen LogP contribution in [0.3, 0.4) is 0 Å². The number of benzene rings is 1. The average Bonchev–Trinajstić information content (AvgIpc) is 2.18. The summed E-state index contributed by atoms with van der Waals surface area (Å²) in [6, 6.07) is 8.12. The van der Waals surface area contributed by atoms with Crippen LogP contribution in [0.2, 0.25) is 0 Å². The number of thioether (sulfide) groups is 1. The number of hydrogen-bond acceptors (Lipinski definition) is 3. The maximum absolute atomic E-state index is 5.95. The number of rotatable bonds is 1. The minimum atomic E-state index is 0.711. The average molecular weight is 208 g/mol. The number of nitrogens with zero attached hydrogens (tertiary/aromatic N) is 1. The van der Waals surface area contributed by atoms with E-state index < -0.39 is 0 Å². The van der Waals surface area contributed by atoms with Crippen LogP contribution in [0.5, 0.6) is 0 Å². The second-order valence-electron chi connectivity index (χ2n) is 3.69. The molecule has 1 aliphatic heterocycles. The van der Waals surface area contributed by atoms with Crippen molar-refractivity contribution in [2.75, 3.05) is 29.5 Å². The van der Waals surface area contributed by atoms with E-state index in [1.807, 2.05) is 23.9 Å². The lowest BCUT2D eigenvalue weighted by molar-refractivity contribution is 0.784. The molecule has 2 N–H and O–H groups in total. The van der Waals surface area contributed by atoms with Gasteiger partial charge in [0.05, 0.1) is 11.4 Å². The molecule has 0 radical (unpaired) electrons. The van der Waals surface area contributed by atoms with Crippen molar-refractivity contribution in [2.24, 2.45) is 0 Å². The van der Waals surface area contributed by atoms with Crippen molar-refractivity contribution in [3.63, 3.8) is 0 Å². The van der Waals surface area contributed by atoms with E-state index in [2.05, 4.69) is 24.0 Å². The number of anilines is 2. The largest absolute Gasteiger partial charge is 0.397 e. The summed E-state index contributed by atoms with van der Waals surface area (Å²) < 4.78 is 0. The maximum atomic E-state index is 5.95. The zero-order chi connectivity index (χ0) is 9.97. The Morgan fingerprint density at radius 3 is 2.93 bits per heavy atom. The summed E-state index contributed by atoms with van der Waals surface area (Å²) in [7, 11) is 0. The Kier molecular flexibility index (Phi) is 2.87. The molecule has 0 bridgehead atoms. The number of nitrogens with two attached hydrogens (primary N) is 1. The monoisotopic (exact) mass is 208 g/mol. The maximum Gasteiger partial charge on any atom is 0.0600 e. The molecule has 1 aromatic carbocycles. The molecule has 3 heteroatoms. The van der Waals surface area contributed by atoms with Crippen LogP contribution in [0.1, 0.15) is 6.92 Å². The van der Waals surface area contributed by atoms with Crippen LogP contribution < -0.4 is 10.6 Å². The SMILES string of the molecule is CC1CN(c2ccccc2N)CCS1. The smallest absolute Gasteiger partial charge is 0.0600 e. The van der Waals surface area contributed by atoms with Crippen LogP contribution >= 0.6 is 11.8 Å². The topological polar surface area (TPSA) is 29.3 Å². The quantitative estimate of drug-likeness (QED) is 0.717. The van der Waals surface area contributed by atoms with E-state index in [1.54, 1.807) is 0 Å². The van der Waals surface area contributed by atoms with Crippen molar-refractivity contribution in [3.8, 4) is 0 Å². The fourth-order valence-corrected chi connectivity index (χ4v) is 2.83. The van der Waals surface area contributed by atoms with Crippen LogP contribution in [0.15, 0.2) is 24.3 Å². The van der Waals surface area contributed by atoms with E-state index in [-0.39, 0.29) is 0 Å². The van der Waals surface area contributed by atoms with Gasteiger partial charge in [0.2, 0.25) is 0 Å². The molecule has 1 fully saturated rings. The first-order valence-corrected chi connectivity index (χ1v) is 6.03. The molecule has 0 aliphatic carbocycles. The predicted molar refractivity (Wildman–Crippen MR) is 65.0 cm³/mol. The van der Waals surface area contributed by atoms with E-state index in [4.69, 9.17) is 5.73 Å². The van der Waals surface area contributed by atoms with Crippen molar-refractivity contribution in [3.05, 3.63) is 24.3 Å². The Morgan fingerprint density at radius 2 is 2.21 bits per heavy atom. The zero-order valence-corrected chi connectivity index (χ0v) is 9.26. The predicted octanol–water partition coefficient (Wildman–Crippen LogP) is 2.21. The summed E-state index contributed by atoms with van der Waals surface area (Å²) in [5.74, 6) is 1.20. The van der Waals surface area contributed by atoms with Gasteiger partial charge in [-0.15, -0.1) is 0 Å². The zero-order valence-electron chi connectivity index (χ0n) is 8.44. The Balaban J connectivity index is 2.18. The van der Waals surface area contributed by atoms with Gasteiger partial charge in [-0.2, -0.15) is 11.8 Å². The Bertz CT molecular complexity index is 314. The van der Waals surface area contributed by atoms with Crippen molar-refractivity contribution < 1.29 is 0 Å². The first kappa shape index (κ1) is 9.71. The first-order valence-electron chi connectivity index (χ1n) is 4.98. The molecule has 1 aromatic rings. The molecule has 2 nitrogen and oxygen atoms in total. The number of para-hydroxylation sites is 2. The van der Waals surface area contributed by atoms with Crippen molar-refractivity contribution >= 4 is 23.1 Å². The van der Waals surface area contributed by atoms with Gasteiger partial charge in [-0.1, -0.05) is 19.1 Å². The minimum Gasteiger partial charge on any atom is -0.397 e. The highest BCUT2D eigenvalue weighted by Gasteiger charge is 2.17. The molecule has 1 heterocycles. The second-order valence-corrected chi connectivity index (χ2v) is 5.23. The Morgan fingerprint density at radius 1 is 1.43 bits per heavy atom. The molecule has 0 amide bonds. The van der Waals surface area contributed by atoms with Crippen LogP contribution in [0, 0.1) is 0 Å². The van der Waals surface area contributed by atoms with Crippen molar-refractivity contribution in [1.29, 1.82) is 0 Å². The van der Waals surface area contributed by atoms with Crippen LogP contribution in [-0.2, 0) is 0 Å². The molecule has 1 unspecified atom stereocenters. The molecule has 0 aromatic heterocycles. The summed E-state index contributed by atoms with van der Waals surface area (Å²) in [6.07, 6.45) is 0. The van der Waals surface area contributed by atoms with E-state index >= 15 is 0 Å². The van der Waals surface area contributed by atoms with Gasteiger partial charge < -0.3 is 10.6 Å². The third kappa shape index (κ3) is 1.98. The summed E-state index contributed by atoms with van der Waals surface area (Å²) >= 11 is 2.04. The summed E-state index contributed by atoms with van der Waals surface area (Å²) in [4.78, 5) is 2.39. The molecule has 1 atom stereocenters. The summed E-state index contributed by atoms with van der Waals surface area (Å²) in [6.45, 7) is 4.50. The van der Waals surface area contributed by atoms with Gasteiger partial charge in [-0.25, -0.2) is 0 Å². The number of hydrogen-bond donors (Lipinski definition) is 1. The molecule has 0 saturated carbocycles. The fourth-order valence-electron chi connectivity index (χ4n) is 1.81. The van der Waals surface area contributed by atoms with Gasteiger partial charge in [-0.3, -0.25) is 0 Å². The first-order chi connectivity index (χ1) is 6.77. The summed E-state index contributed by atoms with van der Waals surface area (Å²) in [5, 5.41) is 0.711. The third-order valence-electron chi connectivity index (χ3n) is 2.52. The molecular weight excluding hydrogens is 192 g/mol. The van der Waals surface area contributed by atoms with Crippen LogP contribution in [-0.4, -0.2) is 24.1 Å². The standard InChI is InChI=1S/C11H16N2S/c1-9-8-13(6-7-14-9)11-5-3-2-4-10(11)12/h2-5,9H,6-8,12H2,1H3. The van der Waals surface area contributed by atoms with Crippen molar-refractivity contribution in [1.82, 2.24) is 0 Å². The fraction of sp³-hybridized carbons (Fsp3) is 0.455. The number of nitrogen functional groups attached to an aromatic ring is 1. The van der Waals surface area contributed by atoms with E-state index in [1.165, 1.54) is 11.4 Å². The Hall–Kier alpha value is -0.830. The lowest BCUT2D eigenvalue weighted by Gasteiger charge is -2.33. The molecule has 1 aliphatic rings. The van der Waals surface area contributed by atoms with E-state index in [0.29, 0.717) is 5.25 Å². The Labute approximate surface area is 89.5 Å². The van der Waals surface area contributed by atoms with Gasteiger partial charge in [0.1, 0.15) is 0 Å². The highest BCUT2D eigenvalue weighted by Crippen LogP contribution is 2.27. The lowest BCUT2D eigenvalue weighted by Crippen LogP contribution is -2.36. The van der Waals surface area contributed by atoms with Gasteiger partial charge in [0, 0.05) is 24.1 Å². The third-order valence-corrected chi connectivity index (χ3v) is 3.65. The normalized spacial score (nSPS) is 22.4. The summed E-state index contributed by atoms with van der Waals surface area (Å²) in [5.41, 5.74) is 8.04. The molecule has 76 valence electrons. The molecule has 2 rings (SSSR count). The molecular formula is C11H16N2S. The highest BCUT2D eigenvalue weighted by atomic mass is 32.2. The van der Waals surface area contributed by atoms with Crippen LogP contribution in [0.25, 0.3) is 0 Å². The van der Waals surface area contributed by atoms with Gasteiger partial charge in [0.25, 0.3) is 0 Å². The van der Waals surface area contributed by atoms with Crippen molar-refractivity contribution in [2.45, 2.75) is 12.2 Å². The highest BCUT2D eigenvalue weighted by molar-refractivity contribution is 8.00. The van der Waals surface area contributed by atoms with Gasteiger partial charge in [0.15, 0.2) is 0 Å². The van der Waals surface area contributed by atoms with Gasteiger partial charge in [-0.05, 0) is 12.1 Å². The van der Waals surface area contributed by atoms with E-state index in [9.17, 15) is 0 Å². The second kappa shape index (κ2) is 4.13. The molecule has 1 saturated heterocycles. The van der Waals surface area contributed by atoms with Gasteiger partial charge >= 0.3 is 0 Å². The molecule has 14 heavy (non-hydrogen) atoms. The molecule has 0 spiro atoms. The lowest BCUT2D eigenvalue weighted by atomic mass is 10.2. The van der Waals surface area contributed by atoms with E-state index in [0.717, 1.165) is 18.8 Å².